The molecule has 0 spiro atoms. The van der Waals surface area contributed by atoms with Crippen LogP contribution in [0.25, 0.3) is 27.9 Å². The highest BCUT2D eigenvalue weighted by atomic mass is 35.5. The number of aryl methyl sites for hydroxylation is 1. The number of imidazole rings is 1. The van der Waals surface area contributed by atoms with E-state index < -0.39 is 0 Å². The van der Waals surface area contributed by atoms with Crippen LogP contribution in [0.3, 0.4) is 0 Å². The SMILES string of the molecule is Cc1cn2ccc(Oc3ccc4ncc(-c5cnn(CC6CCNCC6)c5)nc4c3Cl)cc2n1. The normalized spacial score (nSPS) is 14.8. The first-order valence-corrected chi connectivity index (χ1v) is 11.8. The number of ether oxygens (including phenoxy) is 1. The van der Waals surface area contributed by atoms with Crippen LogP contribution in [0, 0.1) is 12.8 Å². The molecule has 172 valence electrons. The molecular weight excluding hydrogens is 450 g/mol. The molecule has 0 atom stereocenters. The van der Waals surface area contributed by atoms with Crippen LogP contribution in [0.4, 0.5) is 0 Å². The molecule has 8 nitrogen and oxygen atoms in total. The highest BCUT2D eigenvalue weighted by molar-refractivity contribution is 6.36. The van der Waals surface area contributed by atoms with Gasteiger partial charge in [0.15, 0.2) is 0 Å². The van der Waals surface area contributed by atoms with Crippen molar-refractivity contribution in [3.8, 4) is 22.8 Å². The smallest absolute Gasteiger partial charge is 0.148 e. The Bertz CT molecular complexity index is 1490. The van der Waals surface area contributed by atoms with Crippen molar-refractivity contribution in [3.05, 3.63) is 66.0 Å². The summed E-state index contributed by atoms with van der Waals surface area (Å²) in [4.78, 5) is 13.9. The fourth-order valence-corrected chi connectivity index (χ4v) is 4.69. The topological polar surface area (TPSA) is 82.2 Å². The summed E-state index contributed by atoms with van der Waals surface area (Å²) in [5, 5.41) is 8.38. The lowest BCUT2D eigenvalue weighted by molar-refractivity contribution is 0.321. The van der Waals surface area contributed by atoms with Gasteiger partial charge in [0.05, 0.1) is 29.3 Å². The first-order valence-electron chi connectivity index (χ1n) is 11.4. The van der Waals surface area contributed by atoms with Crippen LogP contribution in [-0.2, 0) is 6.54 Å². The third kappa shape index (κ3) is 4.10. The molecule has 1 saturated heterocycles. The Kier molecular flexibility index (Phi) is 5.39. The minimum atomic E-state index is 0.424. The average molecular weight is 474 g/mol. The van der Waals surface area contributed by atoms with Crippen molar-refractivity contribution in [2.24, 2.45) is 5.92 Å². The zero-order valence-corrected chi connectivity index (χ0v) is 19.5. The summed E-state index contributed by atoms with van der Waals surface area (Å²) < 4.78 is 10.1. The van der Waals surface area contributed by atoms with Gasteiger partial charge in [-0.25, -0.2) is 9.97 Å². The second-order valence-electron chi connectivity index (χ2n) is 8.76. The van der Waals surface area contributed by atoms with Gasteiger partial charge in [-0.2, -0.15) is 5.10 Å². The first kappa shape index (κ1) is 21.1. The molecule has 0 radical (unpaired) electrons. The lowest BCUT2D eigenvalue weighted by Gasteiger charge is -2.22. The molecule has 1 aliphatic rings. The largest absolute Gasteiger partial charge is 0.456 e. The summed E-state index contributed by atoms with van der Waals surface area (Å²) in [5.41, 5.74) is 4.73. The molecule has 34 heavy (non-hydrogen) atoms. The average Bonchev–Trinajstić information content (AvgIpc) is 3.47. The summed E-state index contributed by atoms with van der Waals surface area (Å²) in [6, 6.07) is 7.45. The van der Waals surface area contributed by atoms with Crippen LogP contribution in [0.5, 0.6) is 11.5 Å². The number of piperidine rings is 1. The van der Waals surface area contributed by atoms with Gasteiger partial charge in [-0.1, -0.05) is 11.6 Å². The number of benzene rings is 1. The van der Waals surface area contributed by atoms with Gasteiger partial charge in [-0.05, 0) is 57.0 Å². The van der Waals surface area contributed by atoms with E-state index in [-0.39, 0.29) is 0 Å². The van der Waals surface area contributed by atoms with Crippen LogP contribution in [-0.4, -0.2) is 42.2 Å². The van der Waals surface area contributed by atoms with Crippen molar-refractivity contribution in [1.29, 1.82) is 0 Å². The number of pyridine rings is 1. The van der Waals surface area contributed by atoms with Crippen molar-refractivity contribution in [1.82, 2.24) is 34.4 Å². The number of nitrogens with one attached hydrogen (secondary N) is 1. The van der Waals surface area contributed by atoms with Gasteiger partial charge < -0.3 is 14.5 Å². The zero-order chi connectivity index (χ0) is 23.1. The van der Waals surface area contributed by atoms with E-state index in [0.717, 1.165) is 42.2 Å². The van der Waals surface area contributed by atoms with E-state index in [1.165, 1.54) is 12.8 Å². The lowest BCUT2D eigenvalue weighted by atomic mass is 9.98. The zero-order valence-electron chi connectivity index (χ0n) is 18.8. The highest BCUT2D eigenvalue weighted by Gasteiger charge is 2.16. The molecule has 0 aliphatic carbocycles. The molecule has 5 aromatic rings. The molecular formula is C25H24ClN7O. The monoisotopic (exact) mass is 473 g/mol. The van der Waals surface area contributed by atoms with Crippen molar-refractivity contribution in [3.63, 3.8) is 0 Å². The van der Waals surface area contributed by atoms with Crippen LogP contribution < -0.4 is 10.1 Å². The number of hydrogen-bond acceptors (Lipinski definition) is 6. The molecule has 4 aromatic heterocycles. The Labute approximate surface area is 201 Å². The van der Waals surface area contributed by atoms with E-state index in [0.29, 0.717) is 33.5 Å². The van der Waals surface area contributed by atoms with E-state index in [1.807, 2.05) is 65.1 Å². The Morgan fingerprint density at radius 2 is 2.00 bits per heavy atom. The summed E-state index contributed by atoms with van der Waals surface area (Å²) in [6.07, 6.45) is 11.9. The van der Waals surface area contributed by atoms with Gasteiger partial charge in [0.1, 0.15) is 27.7 Å². The second kappa shape index (κ2) is 8.70. The molecule has 1 N–H and O–H groups in total. The fraction of sp³-hybridized carbons (Fsp3) is 0.280. The third-order valence-corrected chi connectivity index (χ3v) is 6.60. The molecule has 1 aromatic carbocycles. The number of aromatic nitrogens is 6. The quantitative estimate of drug-likeness (QED) is 0.391. The van der Waals surface area contributed by atoms with Gasteiger partial charge >= 0.3 is 0 Å². The summed E-state index contributed by atoms with van der Waals surface area (Å²) in [6.45, 7) is 5.03. The van der Waals surface area contributed by atoms with Gasteiger partial charge in [0.2, 0.25) is 0 Å². The summed E-state index contributed by atoms with van der Waals surface area (Å²) in [7, 11) is 0. The number of rotatable bonds is 5. The van der Waals surface area contributed by atoms with E-state index >= 15 is 0 Å². The Morgan fingerprint density at radius 1 is 1.12 bits per heavy atom. The Balaban J connectivity index is 1.28. The maximum absolute atomic E-state index is 6.73. The number of fused-ring (bicyclic) bond motifs is 2. The molecule has 5 heterocycles. The van der Waals surface area contributed by atoms with E-state index in [9.17, 15) is 0 Å². The number of hydrogen-bond donors (Lipinski definition) is 1. The van der Waals surface area contributed by atoms with Gasteiger partial charge in [0.25, 0.3) is 0 Å². The summed E-state index contributed by atoms with van der Waals surface area (Å²) >= 11 is 6.73. The maximum Gasteiger partial charge on any atom is 0.148 e. The van der Waals surface area contributed by atoms with Crippen molar-refractivity contribution in [2.75, 3.05) is 13.1 Å². The van der Waals surface area contributed by atoms with Crippen LogP contribution in [0.15, 0.2) is 55.2 Å². The molecule has 0 unspecified atom stereocenters. The minimum absolute atomic E-state index is 0.424. The molecule has 0 amide bonds. The Morgan fingerprint density at radius 3 is 2.88 bits per heavy atom. The lowest BCUT2D eigenvalue weighted by Crippen LogP contribution is -2.29. The van der Waals surface area contributed by atoms with Crippen LogP contribution >= 0.6 is 11.6 Å². The molecule has 0 saturated carbocycles. The predicted molar refractivity (Wildman–Crippen MR) is 131 cm³/mol. The molecule has 9 heteroatoms. The van der Waals surface area contributed by atoms with Crippen LogP contribution in [0.2, 0.25) is 5.02 Å². The van der Waals surface area contributed by atoms with Crippen molar-refractivity contribution in [2.45, 2.75) is 26.3 Å². The van der Waals surface area contributed by atoms with Crippen LogP contribution in [0.1, 0.15) is 18.5 Å². The Hall–Kier alpha value is -3.49. The fourth-order valence-electron chi connectivity index (χ4n) is 4.45. The van der Waals surface area contributed by atoms with E-state index in [4.69, 9.17) is 21.3 Å². The number of nitrogens with zero attached hydrogens (tertiary/aromatic N) is 6. The molecule has 0 bridgehead atoms. The van der Waals surface area contributed by atoms with Gasteiger partial charge in [-0.3, -0.25) is 9.67 Å². The second-order valence-corrected chi connectivity index (χ2v) is 9.14. The molecule has 1 fully saturated rings. The minimum Gasteiger partial charge on any atom is -0.456 e. The number of halogens is 1. The molecule has 6 rings (SSSR count). The third-order valence-electron chi connectivity index (χ3n) is 6.23. The van der Waals surface area contributed by atoms with Gasteiger partial charge in [0, 0.05) is 36.8 Å². The molecule has 1 aliphatic heterocycles. The predicted octanol–water partition coefficient (Wildman–Crippen LogP) is 4.89. The first-order chi connectivity index (χ1) is 16.6. The summed E-state index contributed by atoms with van der Waals surface area (Å²) in [5.74, 6) is 1.83. The van der Waals surface area contributed by atoms with E-state index in [1.54, 1.807) is 6.20 Å². The maximum atomic E-state index is 6.73. The standard InChI is InChI=1S/C25H24ClN7O/c1-16-13-32-9-6-19(10-23(32)30-16)34-22-3-2-20-25(24(22)26)31-21(12-28-20)18-11-29-33(15-18)14-17-4-7-27-8-5-17/h2-3,6,9-13,15,17,27H,4-5,7-8,14H2,1H3. The van der Waals surface area contributed by atoms with E-state index in [2.05, 4.69) is 20.4 Å². The van der Waals surface area contributed by atoms with Crippen molar-refractivity contribution >= 4 is 28.3 Å². The van der Waals surface area contributed by atoms with Gasteiger partial charge in [-0.15, -0.1) is 0 Å². The van der Waals surface area contributed by atoms with Crippen molar-refractivity contribution < 1.29 is 4.74 Å². The highest BCUT2D eigenvalue weighted by Crippen LogP contribution is 2.35.